The number of para-hydroxylation sites is 4. The summed E-state index contributed by atoms with van der Waals surface area (Å²) in [5.74, 6) is 0. The van der Waals surface area contributed by atoms with E-state index >= 15 is 0 Å². The monoisotopic (exact) mass is 679 g/mol. The molecule has 5 heteroatoms. The molecule has 0 amide bonds. The normalized spacial score (nSPS) is 12.5. The minimum absolute atomic E-state index is 0.794. The Labute approximate surface area is 299 Å². The van der Waals surface area contributed by atoms with Crippen LogP contribution in [0.1, 0.15) is 0 Å². The number of benzene rings is 8. The van der Waals surface area contributed by atoms with E-state index in [1.54, 1.807) is 0 Å². The lowest BCUT2D eigenvalue weighted by atomic mass is 10.0. The molecule has 0 radical (unpaired) electrons. The fraction of sp³-hybridized carbons (Fsp3) is 0. The van der Waals surface area contributed by atoms with E-state index in [9.17, 15) is 0 Å². The zero-order chi connectivity index (χ0) is 34.4. The predicted molar refractivity (Wildman–Crippen MR) is 215 cm³/mol. The number of nitrogens with zero attached hydrogens (tertiary/aromatic N) is 1. The molecule has 13 aromatic rings. The molecular weight excluding hydrogens is 655 g/mol. The van der Waals surface area contributed by atoms with Crippen molar-refractivity contribution < 1.29 is 17.7 Å². The molecule has 0 spiro atoms. The van der Waals surface area contributed by atoms with Crippen molar-refractivity contribution in [3.05, 3.63) is 152 Å². The summed E-state index contributed by atoms with van der Waals surface area (Å²) < 4.78 is 28.0. The van der Waals surface area contributed by atoms with E-state index in [-0.39, 0.29) is 0 Å². The van der Waals surface area contributed by atoms with E-state index in [0.717, 1.165) is 116 Å². The van der Waals surface area contributed by atoms with Gasteiger partial charge in [0.25, 0.3) is 0 Å². The van der Waals surface area contributed by atoms with Gasteiger partial charge in [0.05, 0.1) is 11.0 Å². The summed E-state index contributed by atoms with van der Waals surface area (Å²) >= 11 is 0. The quantitative estimate of drug-likeness (QED) is 0.182. The Morgan fingerprint density at radius 1 is 0.302 bits per heavy atom. The van der Waals surface area contributed by atoms with E-state index in [2.05, 4.69) is 126 Å². The van der Waals surface area contributed by atoms with Gasteiger partial charge >= 0.3 is 0 Å². The van der Waals surface area contributed by atoms with E-state index in [0.29, 0.717) is 0 Å². The topological polar surface area (TPSA) is 57.5 Å². The SMILES string of the molecule is c1ccc2c(c1)oc1cc3c(cc12)c1ccccc1n3-c1ccc2oc3cc4oc5cc(-c6cccc7c6oc6ccccc67)ccc5c4cc3c2c1. The molecule has 0 aliphatic heterocycles. The van der Waals surface area contributed by atoms with Crippen LogP contribution in [0.2, 0.25) is 0 Å². The van der Waals surface area contributed by atoms with Gasteiger partial charge in [-0.2, -0.15) is 0 Å². The number of furan rings is 4. The average Bonchev–Trinajstić information content (AvgIpc) is 4.00. The number of hydrogen-bond acceptors (Lipinski definition) is 4. The number of hydrogen-bond donors (Lipinski definition) is 0. The Balaban J connectivity index is 0.996. The largest absolute Gasteiger partial charge is 0.456 e. The third-order valence-corrected chi connectivity index (χ3v) is 11.2. The van der Waals surface area contributed by atoms with Crippen molar-refractivity contribution >= 4 is 110 Å². The summed E-state index contributed by atoms with van der Waals surface area (Å²) in [5, 5.41) is 11.1. The molecule has 5 nitrogen and oxygen atoms in total. The highest BCUT2D eigenvalue weighted by molar-refractivity contribution is 6.19. The molecule has 8 aromatic carbocycles. The van der Waals surface area contributed by atoms with Gasteiger partial charge < -0.3 is 22.2 Å². The second-order valence-electron chi connectivity index (χ2n) is 14.0. The van der Waals surface area contributed by atoms with Crippen molar-refractivity contribution in [3.63, 3.8) is 0 Å². The minimum atomic E-state index is 0.794. The molecule has 0 saturated carbocycles. The van der Waals surface area contributed by atoms with Crippen molar-refractivity contribution in [3.8, 4) is 16.8 Å². The van der Waals surface area contributed by atoms with Gasteiger partial charge in [0.1, 0.15) is 44.7 Å². The lowest BCUT2D eigenvalue weighted by molar-refractivity contribution is 0.656. The highest BCUT2D eigenvalue weighted by atomic mass is 16.3. The van der Waals surface area contributed by atoms with Crippen LogP contribution in [0.3, 0.4) is 0 Å². The number of aromatic nitrogens is 1. The number of fused-ring (bicyclic) bond motifs is 15. The van der Waals surface area contributed by atoms with Crippen molar-refractivity contribution in [2.24, 2.45) is 0 Å². The molecular formula is C48H25NO4. The fourth-order valence-corrected chi connectivity index (χ4v) is 8.78. The summed E-state index contributed by atoms with van der Waals surface area (Å²) in [5.41, 5.74) is 12.2. The molecule has 0 bridgehead atoms. The molecule has 0 aliphatic carbocycles. The van der Waals surface area contributed by atoms with Crippen LogP contribution < -0.4 is 0 Å². The molecule has 53 heavy (non-hydrogen) atoms. The second kappa shape index (κ2) is 9.75. The molecule has 13 rings (SSSR count). The van der Waals surface area contributed by atoms with Crippen LogP contribution in [0.5, 0.6) is 0 Å². The van der Waals surface area contributed by atoms with Crippen LogP contribution in [0.25, 0.3) is 126 Å². The zero-order valence-electron chi connectivity index (χ0n) is 28.0. The molecule has 0 atom stereocenters. The van der Waals surface area contributed by atoms with Gasteiger partial charge in [0.15, 0.2) is 0 Å². The maximum absolute atomic E-state index is 6.52. The van der Waals surface area contributed by atoms with Crippen molar-refractivity contribution in [1.82, 2.24) is 4.57 Å². The first kappa shape index (κ1) is 27.5. The Morgan fingerprint density at radius 2 is 0.887 bits per heavy atom. The molecule has 0 fully saturated rings. The molecule has 0 N–H and O–H groups in total. The van der Waals surface area contributed by atoms with Gasteiger partial charge in [-0.1, -0.05) is 78.9 Å². The first-order valence-electron chi connectivity index (χ1n) is 17.8. The van der Waals surface area contributed by atoms with E-state index in [1.165, 1.54) is 10.8 Å². The first-order valence-corrected chi connectivity index (χ1v) is 17.8. The third kappa shape index (κ3) is 3.65. The standard InChI is InChI=1S/C48H25NO4/c1-4-13-39-29(8-1)34-22-36-31-10-3-5-14-41(31)50-45(36)24-40(34)49(39)27-17-19-43-35(21-27)38-23-37-32-18-16-26(20-44(32)52-46(37)25-47(38)51-43)28-11-7-12-33-30-9-2-6-15-42(30)53-48(28)33/h1-25H. The van der Waals surface area contributed by atoms with Crippen LogP contribution in [-0.4, -0.2) is 4.57 Å². The molecule has 5 heterocycles. The fourth-order valence-electron chi connectivity index (χ4n) is 8.78. The van der Waals surface area contributed by atoms with Gasteiger partial charge in [-0.15, -0.1) is 0 Å². The average molecular weight is 680 g/mol. The van der Waals surface area contributed by atoms with Crippen LogP contribution in [0.15, 0.2) is 169 Å². The van der Waals surface area contributed by atoms with Crippen LogP contribution in [-0.2, 0) is 0 Å². The lowest BCUT2D eigenvalue weighted by Gasteiger charge is -2.08. The molecule has 246 valence electrons. The molecule has 5 aromatic heterocycles. The maximum Gasteiger partial charge on any atom is 0.143 e. The first-order chi connectivity index (χ1) is 26.2. The van der Waals surface area contributed by atoms with Crippen LogP contribution >= 0.6 is 0 Å². The maximum atomic E-state index is 6.52. The third-order valence-electron chi connectivity index (χ3n) is 11.2. The van der Waals surface area contributed by atoms with Gasteiger partial charge in [-0.3, -0.25) is 0 Å². The molecule has 0 aliphatic rings. The minimum Gasteiger partial charge on any atom is -0.456 e. The Morgan fingerprint density at radius 3 is 1.74 bits per heavy atom. The predicted octanol–water partition coefficient (Wildman–Crippen LogP) is 14.0. The lowest BCUT2D eigenvalue weighted by Crippen LogP contribution is -1.93. The van der Waals surface area contributed by atoms with E-state index < -0.39 is 0 Å². The smallest absolute Gasteiger partial charge is 0.143 e. The van der Waals surface area contributed by atoms with Gasteiger partial charge in [-0.25, -0.2) is 0 Å². The zero-order valence-corrected chi connectivity index (χ0v) is 28.0. The summed E-state index contributed by atoms with van der Waals surface area (Å²) in [7, 11) is 0. The van der Waals surface area contributed by atoms with Gasteiger partial charge in [0, 0.05) is 77.2 Å². The highest BCUT2D eigenvalue weighted by Crippen LogP contribution is 2.42. The number of rotatable bonds is 2. The van der Waals surface area contributed by atoms with Gasteiger partial charge in [-0.05, 0) is 66.2 Å². The van der Waals surface area contributed by atoms with Crippen LogP contribution in [0, 0.1) is 0 Å². The Bertz CT molecular complexity index is 3700. The summed E-state index contributed by atoms with van der Waals surface area (Å²) in [6.45, 7) is 0. The van der Waals surface area contributed by atoms with Crippen LogP contribution in [0.4, 0.5) is 0 Å². The van der Waals surface area contributed by atoms with E-state index in [4.69, 9.17) is 17.7 Å². The Kier molecular flexibility index (Phi) is 5.06. The second-order valence-corrected chi connectivity index (χ2v) is 14.0. The Hall–Kier alpha value is -7.24. The van der Waals surface area contributed by atoms with E-state index in [1.807, 2.05) is 30.3 Å². The van der Waals surface area contributed by atoms with Crippen molar-refractivity contribution in [2.45, 2.75) is 0 Å². The summed E-state index contributed by atoms with van der Waals surface area (Å²) in [6, 6.07) is 53.0. The summed E-state index contributed by atoms with van der Waals surface area (Å²) in [6.07, 6.45) is 0. The molecule has 0 saturated heterocycles. The van der Waals surface area contributed by atoms with Crippen molar-refractivity contribution in [1.29, 1.82) is 0 Å². The van der Waals surface area contributed by atoms with Gasteiger partial charge in [0.2, 0.25) is 0 Å². The molecule has 0 unspecified atom stereocenters. The van der Waals surface area contributed by atoms with Crippen molar-refractivity contribution in [2.75, 3.05) is 0 Å². The summed E-state index contributed by atoms with van der Waals surface area (Å²) in [4.78, 5) is 0. The highest BCUT2D eigenvalue weighted by Gasteiger charge is 2.19.